The predicted molar refractivity (Wildman–Crippen MR) is 151 cm³/mol. The fourth-order valence-electron chi connectivity index (χ4n) is 9.05. The summed E-state index contributed by atoms with van der Waals surface area (Å²) in [5, 5.41) is 10.2. The van der Waals surface area contributed by atoms with E-state index in [1.165, 1.54) is 51.4 Å². The first-order valence-corrected chi connectivity index (χ1v) is 15.1. The first-order valence-electron chi connectivity index (χ1n) is 15.1. The number of hydrogen-bond acceptors (Lipinski definition) is 3. The number of amides is 1. The fourth-order valence-corrected chi connectivity index (χ4v) is 9.05. The normalized spacial score (nSPS) is 39.5. The standard InChI is InChI=1S/C28H47NO2.C4H11N/c1-18(16-26(29)31)6-5-7-19(2)23-10-11-24-22-9-8-20-17-21(30)12-14-27(20,3)25(22)13-15-28(23,24)4;1-4(2,3)5/h8,18-19,21-25,30H,5-7,9-17H2,1-4H3,(H2,29,31);5H2,1-3H3/t18?,19-,21+,22+,23-,24+,25+,27+,28-;/m1./s1. The number of carbonyl (C=O) groups excluding carboxylic acids is 1. The van der Waals surface area contributed by atoms with Gasteiger partial charge in [0.15, 0.2) is 0 Å². The Morgan fingerprint density at radius 2 is 1.75 bits per heavy atom. The van der Waals surface area contributed by atoms with Crippen molar-refractivity contribution in [1.82, 2.24) is 0 Å². The molecule has 1 amide bonds. The lowest BCUT2D eigenvalue weighted by Gasteiger charge is -2.58. The highest BCUT2D eigenvalue weighted by Crippen LogP contribution is 2.67. The van der Waals surface area contributed by atoms with Crippen LogP contribution in [-0.2, 0) is 4.79 Å². The average molecular weight is 503 g/mol. The van der Waals surface area contributed by atoms with E-state index < -0.39 is 0 Å². The van der Waals surface area contributed by atoms with Crippen molar-refractivity contribution in [2.24, 2.45) is 57.8 Å². The molecule has 0 spiro atoms. The van der Waals surface area contributed by atoms with Gasteiger partial charge in [0, 0.05) is 12.0 Å². The molecular weight excluding hydrogens is 444 g/mol. The topological polar surface area (TPSA) is 89.3 Å². The third-order valence-corrected chi connectivity index (χ3v) is 10.7. The van der Waals surface area contributed by atoms with Crippen LogP contribution in [0.1, 0.15) is 126 Å². The molecule has 4 rings (SSSR count). The molecule has 4 heteroatoms. The summed E-state index contributed by atoms with van der Waals surface area (Å²) in [6, 6.07) is 0. The van der Waals surface area contributed by atoms with Crippen LogP contribution in [0.2, 0.25) is 0 Å². The third-order valence-electron chi connectivity index (χ3n) is 10.7. The van der Waals surface area contributed by atoms with Gasteiger partial charge in [-0.15, -0.1) is 0 Å². The number of aliphatic hydroxyl groups excluding tert-OH is 1. The van der Waals surface area contributed by atoms with Crippen LogP contribution >= 0.6 is 0 Å². The Balaban J connectivity index is 0.000000658. The quantitative estimate of drug-likeness (QED) is 0.328. The highest BCUT2D eigenvalue weighted by molar-refractivity contribution is 5.73. The van der Waals surface area contributed by atoms with Crippen LogP contribution < -0.4 is 11.5 Å². The molecule has 3 saturated carbocycles. The van der Waals surface area contributed by atoms with Gasteiger partial charge >= 0.3 is 0 Å². The molecule has 0 bridgehead atoms. The van der Waals surface area contributed by atoms with Gasteiger partial charge < -0.3 is 16.6 Å². The molecule has 1 unspecified atom stereocenters. The van der Waals surface area contributed by atoms with E-state index in [-0.39, 0.29) is 17.6 Å². The summed E-state index contributed by atoms with van der Waals surface area (Å²) in [5.74, 6) is 4.48. The molecule has 208 valence electrons. The van der Waals surface area contributed by atoms with Gasteiger partial charge in [0.25, 0.3) is 0 Å². The molecule has 0 heterocycles. The largest absolute Gasteiger partial charge is 0.393 e. The molecule has 0 aliphatic heterocycles. The molecule has 5 N–H and O–H groups in total. The number of hydrogen-bond donors (Lipinski definition) is 3. The van der Waals surface area contributed by atoms with Crippen LogP contribution in [0.15, 0.2) is 11.6 Å². The molecule has 0 saturated heterocycles. The Morgan fingerprint density at radius 1 is 1.08 bits per heavy atom. The average Bonchev–Trinajstić information content (AvgIpc) is 3.10. The van der Waals surface area contributed by atoms with E-state index in [0.717, 1.165) is 48.9 Å². The number of nitrogens with two attached hydrogens (primary N) is 2. The Bertz CT molecular complexity index is 780. The van der Waals surface area contributed by atoms with E-state index in [9.17, 15) is 9.90 Å². The van der Waals surface area contributed by atoms with E-state index in [2.05, 4.69) is 33.8 Å². The molecule has 0 aromatic rings. The van der Waals surface area contributed by atoms with Crippen molar-refractivity contribution < 1.29 is 9.90 Å². The smallest absolute Gasteiger partial charge is 0.217 e. The van der Waals surface area contributed by atoms with E-state index in [4.69, 9.17) is 11.5 Å². The van der Waals surface area contributed by atoms with Crippen LogP contribution in [0.3, 0.4) is 0 Å². The molecule has 3 fully saturated rings. The molecule has 4 aliphatic rings. The van der Waals surface area contributed by atoms with E-state index in [1.807, 2.05) is 20.8 Å². The summed E-state index contributed by atoms with van der Waals surface area (Å²) in [6.07, 6.45) is 16.6. The van der Waals surface area contributed by atoms with Crippen LogP contribution in [0, 0.1) is 46.3 Å². The SMILES string of the molecule is CC(C)(C)N.CC(CCC[C@@H](C)[C@H]1CC[C@H]2[C@@H]3CC=C4C[C@@H](O)CC[C@]4(C)[C@H]3CC[C@]12C)CC(N)=O. The Morgan fingerprint density at radius 3 is 2.39 bits per heavy atom. The minimum atomic E-state index is -0.158. The monoisotopic (exact) mass is 502 g/mol. The van der Waals surface area contributed by atoms with Crippen LogP contribution in [-0.4, -0.2) is 22.7 Å². The van der Waals surface area contributed by atoms with Crippen molar-refractivity contribution in [2.45, 2.75) is 137 Å². The second-order valence-electron chi connectivity index (χ2n) is 14.9. The lowest BCUT2D eigenvalue weighted by molar-refractivity contribution is -0.118. The highest BCUT2D eigenvalue weighted by Gasteiger charge is 2.59. The van der Waals surface area contributed by atoms with Gasteiger partial charge in [-0.25, -0.2) is 0 Å². The van der Waals surface area contributed by atoms with Gasteiger partial charge in [-0.05, 0) is 118 Å². The van der Waals surface area contributed by atoms with Gasteiger partial charge in [0.05, 0.1) is 6.10 Å². The first kappa shape index (κ1) is 29.7. The number of rotatable bonds is 7. The fraction of sp³-hybridized carbons (Fsp3) is 0.906. The molecule has 0 radical (unpaired) electrons. The molecule has 9 atom stereocenters. The minimum absolute atomic E-state index is 0. The predicted octanol–water partition coefficient (Wildman–Crippen LogP) is 6.99. The summed E-state index contributed by atoms with van der Waals surface area (Å²) in [4.78, 5) is 11.2. The van der Waals surface area contributed by atoms with Crippen LogP contribution in [0.25, 0.3) is 0 Å². The molecule has 4 aliphatic carbocycles. The van der Waals surface area contributed by atoms with Crippen molar-refractivity contribution in [2.75, 3.05) is 0 Å². The van der Waals surface area contributed by atoms with Crippen molar-refractivity contribution in [3.8, 4) is 0 Å². The Hall–Kier alpha value is -0.870. The second-order valence-corrected chi connectivity index (χ2v) is 14.9. The van der Waals surface area contributed by atoms with Crippen molar-refractivity contribution in [3.05, 3.63) is 11.6 Å². The lowest BCUT2D eigenvalue weighted by atomic mass is 9.47. The minimum Gasteiger partial charge on any atom is -0.393 e. The van der Waals surface area contributed by atoms with Gasteiger partial charge in [-0.1, -0.05) is 58.6 Å². The number of allylic oxidation sites excluding steroid dienone is 1. The summed E-state index contributed by atoms with van der Waals surface area (Å²) in [6.45, 7) is 15.7. The summed E-state index contributed by atoms with van der Waals surface area (Å²) in [7, 11) is 0. The maximum Gasteiger partial charge on any atom is 0.217 e. The van der Waals surface area contributed by atoms with Gasteiger partial charge in [0.1, 0.15) is 0 Å². The summed E-state index contributed by atoms with van der Waals surface area (Å²) >= 11 is 0. The lowest BCUT2D eigenvalue weighted by Crippen LogP contribution is -2.50. The van der Waals surface area contributed by atoms with E-state index >= 15 is 0 Å². The zero-order valence-electron chi connectivity index (χ0n) is 24.6. The third kappa shape index (κ3) is 6.76. The number of primary amides is 1. The second kappa shape index (κ2) is 11.5. The Kier molecular flexibility index (Phi) is 9.46. The molecule has 0 aromatic carbocycles. The van der Waals surface area contributed by atoms with E-state index in [0.29, 0.717) is 23.2 Å². The highest BCUT2D eigenvalue weighted by atomic mass is 16.3. The van der Waals surface area contributed by atoms with Crippen LogP contribution in [0.4, 0.5) is 0 Å². The zero-order chi connectivity index (χ0) is 26.9. The molecule has 4 nitrogen and oxygen atoms in total. The maximum absolute atomic E-state index is 11.2. The van der Waals surface area contributed by atoms with Crippen molar-refractivity contribution in [1.29, 1.82) is 0 Å². The maximum atomic E-state index is 11.2. The number of carbonyl (C=O) groups is 1. The van der Waals surface area contributed by atoms with Crippen molar-refractivity contribution in [3.63, 3.8) is 0 Å². The zero-order valence-corrected chi connectivity index (χ0v) is 24.6. The van der Waals surface area contributed by atoms with Gasteiger partial charge in [-0.2, -0.15) is 0 Å². The number of fused-ring (bicyclic) bond motifs is 5. The molecular formula is C32H58N2O2. The molecule has 36 heavy (non-hydrogen) atoms. The number of aliphatic hydroxyl groups is 1. The summed E-state index contributed by atoms with van der Waals surface area (Å²) < 4.78 is 0. The first-order chi connectivity index (χ1) is 16.6. The summed E-state index contributed by atoms with van der Waals surface area (Å²) in [5.41, 5.74) is 13.2. The van der Waals surface area contributed by atoms with Crippen molar-refractivity contribution >= 4 is 5.91 Å². The van der Waals surface area contributed by atoms with Crippen LogP contribution in [0.5, 0.6) is 0 Å². The molecule has 0 aromatic heterocycles. The van der Waals surface area contributed by atoms with Gasteiger partial charge in [-0.3, -0.25) is 4.79 Å². The van der Waals surface area contributed by atoms with Gasteiger partial charge in [0.2, 0.25) is 5.91 Å². The van der Waals surface area contributed by atoms with E-state index in [1.54, 1.807) is 5.57 Å². The Labute approximate surface area is 222 Å².